The normalized spacial score (nSPS) is 16.6. The molecule has 24 heavy (non-hydrogen) atoms. The summed E-state index contributed by atoms with van der Waals surface area (Å²) in [5.74, 6) is 0. The molecule has 0 saturated carbocycles. The van der Waals surface area contributed by atoms with E-state index in [2.05, 4.69) is 42.7 Å². The highest BCUT2D eigenvalue weighted by molar-refractivity contribution is 5.74. The Balaban J connectivity index is 1.62. The summed E-state index contributed by atoms with van der Waals surface area (Å²) in [4.78, 5) is 12.0. The summed E-state index contributed by atoms with van der Waals surface area (Å²) in [5.41, 5.74) is 3.55. The van der Waals surface area contributed by atoms with E-state index in [-0.39, 0.29) is 12.1 Å². The zero-order chi connectivity index (χ0) is 17.4. The number of nitrogens with one attached hydrogen (secondary N) is 2. The average Bonchev–Trinajstić information content (AvgIpc) is 2.54. The van der Waals surface area contributed by atoms with Crippen LogP contribution in [0.15, 0.2) is 18.2 Å². The summed E-state index contributed by atoms with van der Waals surface area (Å²) in [6.45, 7) is 9.03. The van der Waals surface area contributed by atoms with Gasteiger partial charge in [-0.25, -0.2) is 4.79 Å². The van der Waals surface area contributed by atoms with Crippen molar-refractivity contribution in [3.8, 4) is 0 Å². The van der Waals surface area contributed by atoms with E-state index in [0.29, 0.717) is 19.3 Å². The SMILES string of the molecule is Cc1cc(C)cc([C@@H](C)NC(=O)NCCCOC2CCOCC2)c1. The van der Waals surface area contributed by atoms with Gasteiger partial charge in [-0.2, -0.15) is 0 Å². The van der Waals surface area contributed by atoms with Gasteiger partial charge in [0.15, 0.2) is 0 Å². The van der Waals surface area contributed by atoms with Gasteiger partial charge in [0.25, 0.3) is 0 Å². The number of amides is 2. The van der Waals surface area contributed by atoms with E-state index >= 15 is 0 Å². The first-order valence-corrected chi connectivity index (χ1v) is 8.86. The van der Waals surface area contributed by atoms with Crippen LogP contribution in [-0.4, -0.2) is 38.5 Å². The van der Waals surface area contributed by atoms with Crippen LogP contribution in [0, 0.1) is 13.8 Å². The van der Waals surface area contributed by atoms with Crippen molar-refractivity contribution in [2.45, 2.75) is 52.2 Å². The molecule has 1 fully saturated rings. The van der Waals surface area contributed by atoms with Crippen molar-refractivity contribution in [2.75, 3.05) is 26.4 Å². The van der Waals surface area contributed by atoms with Gasteiger partial charge in [-0.3, -0.25) is 0 Å². The van der Waals surface area contributed by atoms with E-state index in [4.69, 9.17) is 9.47 Å². The molecule has 134 valence electrons. The van der Waals surface area contributed by atoms with Gasteiger partial charge in [-0.05, 0) is 45.6 Å². The zero-order valence-electron chi connectivity index (χ0n) is 15.1. The van der Waals surface area contributed by atoms with Crippen molar-refractivity contribution in [2.24, 2.45) is 0 Å². The highest BCUT2D eigenvalue weighted by Crippen LogP contribution is 2.16. The Hall–Kier alpha value is -1.59. The Morgan fingerprint density at radius 1 is 1.25 bits per heavy atom. The average molecular weight is 334 g/mol. The van der Waals surface area contributed by atoms with Crippen LogP contribution in [0.1, 0.15) is 48.9 Å². The standard InChI is InChI=1S/C19H30N2O3/c1-14-11-15(2)13-17(12-14)16(3)21-19(22)20-7-4-8-24-18-5-9-23-10-6-18/h11-13,16,18H,4-10H2,1-3H3,(H2,20,21,22)/t16-/m1/s1. The minimum Gasteiger partial charge on any atom is -0.381 e. The van der Waals surface area contributed by atoms with Gasteiger partial charge in [0.05, 0.1) is 12.1 Å². The number of hydrogen-bond acceptors (Lipinski definition) is 3. The van der Waals surface area contributed by atoms with Crippen molar-refractivity contribution < 1.29 is 14.3 Å². The van der Waals surface area contributed by atoms with Crippen molar-refractivity contribution in [3.05, 3.63) is 34.9 Å². The third-order valence-corrected chi connectivity index (χ3v) is 4.22. The van der Waals surface area contributed by atoms with Crippen molar-refractivity contribution >= 4 is 6.03 Å². The number of urea groups is 1. The Morgan fingerprint density at radius 2 is 1.92 bits per heavy atom. The number of rotatable bonds is 7. The Kier molecular flexibility index (Phi) is 7.53. The highest BCUT2D eigenvalue weighted by Gasteiger charge is 2.14. The molecule has 1 aromatic carbocycles. The number of ether oxygens (including phenoxy) is 2. The number of carbonyl (C=O) groups excluding carboxylic acids is 1. The molecule has 5 nitrogen and oxygen atoms in total. The fraction of sp³-hybridized carbons (Fsp3) is 0.632. The lowest BCUT2D eigenvalue weighted by atomic mass is 10.0. The van der Waals surface area contributed by atoms with Crippen LogP contribution >= 0.6 is 0 Å². The second kappa shape index (κ2) is 9.64. The van der Waals surface area contributed by atoms with Crippen LogP contribution in [0.2, 0.25) is 0 Å². The van der Waals surface area contributed by atoms with Crippen molar-refractivity contribution in [1.82, 2.24) is 10.6 Å². The maximum atomic E-state index is 12.0. The lowest BCUT2D eigenvalue weighted by Crippen LogP contribution is -2.38. The van der Waals surface area contributed by atoms with E-state index in [1.807, 2.05) is 6.92 Å². The Morgan fingerprint density at radius 3 is 2.58 bits per heavy atom. The number of carbonyl (C=O) groups is 1. The molecule has 2 N–H and O–H groups in total. The van der Waals surface area contributed by atoms with Gasteiger partial charge < -0.3 is 20.1 Å². The molecule has 1 aliphatic heterocycles. The lowest BCUT2D eigenvalue weighted by Gasteiger charge is -2.22. The van der Waals surface area contributed by atoms with Crippen LogP contribution in [0.25, 0.3) is 0 Å². The van der Waals surface area contributed by atoms with Gasteiger partial charge in [-0.15, -0.1) is 0 Å². The Labute approximate surface area is 145 Å². The molecule has 0 aliphatic carbocycles. The second-order valence-corrected chi connectivity index (χ2v) is 6.58. The summed E-state index contributed by atoms with van der Waals surface area (Å²) in [7, 11) is 0. The molecule has 2 amide bonds. The second-order valence-electron chi connectivity index (χ2n) is 6.58. The summed E-state index contributed by atoms with van der Waals surface area (Å²) in [6.07, 6.45) is 3.09. The summed E-state index contributed by atoms with van der Waals surface area (Å²) < 4.78 is 11.1. The number of benzene rings is 1. The molecular formula is C19H30N2O3. The molecule has 0 aromatic heterocycles. The van der Waals surface area contributed by atoms with Crippen molar-refractivity contribution in [1.29, 1.82) is 0 Å². The van der Waals surface area contributed by atoms with Crippen LogP contribution in [0.5, 0.6) is 0 Å². The van der Waals surface area contributed by atoms with E-state index in [9.17, 15) is 4.79 Å². The highest BCUT2D eigenvalue weighted by atomic mass is 16.5. The molecule has 1 heterocycles. The third kappa shape index (κ3) is 6.49. The minimum absolute atomic E-state index is 0.0120. The van der Waals surface area contributed by atoms with Gasteiger partial charge in [0.2, 0.25) is 0 Å². The zero-order valence-corrected chi connectivity index (χ0v) is 15.1. The molecule has 5 heteroatoms. The van der Waals surface area contributed by atoms with Gasteiger partial charge >= 0.3 is 6.03 Å². The predicted octanol–water partition coefficient (Wildman–Crippen LogP) is 3.25. The third-order valence-electron chi connectivity index (χ3n) is 4.22. The molecule has 0 bridgehead atoms. The van der Waals surface area contributed by atoms with E-state index < -0.39 is 0 Å². The minimum atomic E-state index is -0.132. The molecule has 0 unspecified atom stereocenters. The molecule has 0 radical (unpaired) electrons. The molecule has 1 saturated heterocycles. The van der Waals surface area contributed by atoms with Gasteiger partial charge in [-0.1, -0.05) is 29.3 Å². The van der Waals surface area contributed by atoms with Crippen LogP contribution in [0.3, 0.4) is 0 Å². The van der Waals surface area contributed by atoms with Gasteiger partial charge in [0.1, 0.15) is 0 Å². The molecule has 1 atom stereocenters. The lowest BCUT2D eigenvalue weighted by molar-refractivity contribution is -0.0320. The Bertz CT molecular complexity index is 507. The maximum absolute atomic E-state index is 12.0. The number of hydrogen-bond donors (Lipinski definition) is 2. The first kappa shape index (κ1) is 18.7. The molecule has 1 aliphatic rings. The largest absolute Gasteiger partial charge is 0.381 e. The summed E-state index contributed by atoms with van der Waals surface area (Å²) in [6, 6.07) is 6.21. The molecule has 2 rings (SSSR count). The fourth-order valence-electron chi connectivity index (χ4n) is 2.96. The fourth-order valence-corrected chi connectivity index (χ4v) is 2.96. The smallest absolute Gasteiger partial charge is 0.315 e. The van der Waals surface area contributed by atoms with Crippen LogP contribution < -0.4 is 10.6 Å². The van der Waals surface area contributed by atoms with Crippen molar-refractivity contribution in [3.63, 3.8) is 0 Å². The van der Waals surface area contributed by atoms with E-state index in [0.717, 1.165) is 38.0 Å². The molecule has 0 spiro atoms. The quantitative estimate of drug-likeness (QED) is 0.753. The molecule has 1 aromatic rings. The summed E-state index contributed by atoms with van der Waals surface area (Å²) >= 11 is 0. The van der Waals surface area contributed by atoms with E-state index in [1.54, 1.807) is 0 Å². The maximum Gasteiger partial charge on any atom is 0.315 e. The predicted molar refractivity (Wildman–Crippen MR) is 95.3 cm³/mol. The van der Waals surface area contributed by atoms with E-state index in [1.165, 1.54) is 11.1 Å². The number of aryl methyl sites for hydroxylation is 2. The molecular weight excluding hydrogens is 304 g/mol. The van der Waals surface area contributed by atoms with Gasteiger partial charge in [0, 0.05) is 26.4 Å². The first-order chi connectivity index (χ1) is 11.5. The van der Waals surface area contributed by atoms with Crippen LogP contribution in [0.4, 0.5) is 4.79 Å². The first-order valence-electron chi connectivity index (χ1n) is 8.86. The van der Waals surface area contributed by atoms with Crippen LogP contribution in [-0.2, 0) is 9.47 Å². The summed E-state index contributed by atoms with van der Waals surface area (Å²) in [5, 5.41) is 5.88. The monoisotopic (exact) mass is 334 g/mol. The topological polar surface area (TPSA) is 59.6 Å².